The van der Waals surface area contributed by atoms with Gasteiger partial charge in [0, 0.05) is 12.4 Å². The zero-order valence-electron chi connectivity index (χ0n) is 14.8. The maximum Gasteiger partial charge on any atom is 0.270 e. The van der Waals surface area contributed by atoms with E-state index in [0.717, 1.165) is 21.3 Å². The number of halogens is 1. The molecule has 3 aromatic heterocycles. The summed E-state index contributed by atoms with van der Waals surface area (Å²) in [5.74, 6) is -0.107. The fourth-order valence-electron chi connectivity index (χ4n) is 2.94. The number of anilines is 1. The smallest absolute Gasteiger partial charge is 0.270 e. The van der Waals surface area contributed by atoms with Crippen molar-refractivity contribution in [3.05, 3.63) is 74.7 Å². The number of rotatable bonds is 4. The number of aromatic nitrogens is 2. The van der Waals surface area contributed by atoms with Crippen molar-refractivity contribution in [1.29, 1.82) is 0 Å². The summed E-state index contributed by atoms with van der Waals surface area (Å²) < 4.78 is 1.69. The van der Waals surface area contributed by atoms with E-state index < -0.39 is 0 Å². The minimum atomic E-state index is -0.107. The summed E-state index contributed by atoms with van der Waals surface area (Å²) in [6.45, 7) is 4.53. The van der Waals surface area contributed by atoms with Gasteiger partial charge in [0.1, 0.15) is 0 Å². The Bertz CT molecular complexity index is 1120. The lowest BCUT2D eigenvalue weighted by Gasteiger charge is -2.19. The normalized spacial score (nSPS) is 11.1. The van der Waals surface area contributed by atoms with Gasteiger partial charge in [-0.3, -0.25) is 14.7 Å². The van der Waals surface area contributed by atoms with Crippen LogP contribution in [-0.2, 0) is 6.54 Å². The Labute approximate surface area is 170 Å². The largest absolute Gasteiger partial charge is 0.279 e. The van der Waals surface area contributed by atoms with Crippen LogP contribution in [0.2, 0.25) is 4.34 Å². The summed E-state index contributed by atoms with van der Waals surface area (Å²) in [4.78, 5) is 24.4. The number of hydrogen-bond donors (Lipinski definition) is 0. The summed E-state index contributed by atoms with van der Waals surface area (Å²) in [6.07, 6.45) is 3.49. The second-order valence-electron chi connectivity index (χ2n) is 6.28. The molecule has 0 bridgehead atoms. The molecule has 4 rings (SSSR count). The van der Waals surface area contributed by atoms with Crippen LogP contribution in [0.3, 0.4) is 0 Å². The average Bonchev–Trinajstić information content (AvgIpc) is 3.26. The Hall–Kier alpha value is -2.28. The van der Waals surface area contributed by atoms with Gasteiger partial charge in [0.05, 0.1) is 26.0 Å². The fraction of sp³-hybridized carbons (Fsp3) is 0.150. The molecule has 4 aromatic rings. The average molecular weight is 414 g/mol. The first kappa shape index (κ1) is 18.1. The molecule has 3 heterocycles. The highest BCUT2D eigenvalue weighted by Gasteiger charge is 2.23. The van der Waals surface area contributed by atoms with Crippen molar-refractivity contribution >= 4 is 55.5 Å². The van der Waals surface area contributed by atoms with Gasteiger partial charge in [-0.15, -0.1) is 11.3 Å². The zero-order valence-corrected chi connectivity index (χ0v) is 17.2. The maximum atomic E-state index is 13.2. The molecule has 0 unspecified atom stereocenters. The number of benzene rings is 1. The Morgan fingerprint density at radius 3 is 2.74 bits per heavy atom. The third kappa shape index (κ3) is 3.74. The van der Waals surface area contributed by atoms with E-state index in [1.165, 1.54) is 28.2 Å². The standard InChI is InChI=1S/C20H16ClN3OS2/c1-12-8-13(2)18-15(9-12)23-20(27-18)24(11-14-4-3-7-22-10-14)19(25)16-5-6-17(21)26-16/h3-10H,11H2,1-2H3. The molecule has 1 amide bonds. The second-order valence-corrected chi connectivity index (χ2v) is 8.98. The number of fused-ring (bicyclic) bond motifs is 1. The zero-order chi connectivity index (χ0) is 19.0. The summed E-state index contributed by atoms with van der Waals surface area (Å²) >= 11 is 8.85. The van der Waals surface area contributed by atoms with Crippen LogP contribution >= 0.6 is 34.3 Å². The van der Waals surface area contributed by atoms with E-state index >= 15 is 0 Å². The Morgan fingerprint density at radius 2 is 2.04 bits per heavy atom. The highest BCUT2D eigenvalue weighted by Crippen LogP contribution is 2.34. The van der Waals surface area contributed by atoms with Crippen LogP contribution in [0.15, 0.2) is 48.8 Å². The molecule has 136 valence electrons. The predicted molar refractivity (Wildman–Crippen MR) is 113 cm³/mol. The maximum absolute atomic E-state index is 13.2. The van der Waals surface area contributed by atoms with Crippen LogP contribution in [0, 0.1) is 13.8 Å². The van der Waals surface area contributed by atoms with Gasteiger partial charge in [-0.2, -0.15) is 0 Å². The number of hydrogen-bond acceptors (Lipinski definition) is 5. The summed E-state index contributed by atoms with van der Waals surface area (Å²) in [5, 5.41) is 0.678. The molecule has 0 aliphatic rings. The van der Waals surface area contributed by atoms with Crippen molar-refractivity contribution < 1.29 is 4.79 Å². The van der Waals surface area contributed by atoms with Crippen molar-refractivity contribution in [2.45, 2.75) is 20.4 Å². The van der Waals surface area contributed by atoms with Gasteiger partial charge in [0.25, 0.3) is 5.91 Å². The van der Waals surface area contributed by atoms with E-state index in [2.05, 4.69) is 31.0 Å². The molecule has 0 saturated heterocycles. The van der Waals surface area contributed by atoms with E-state index in [1.807, 2.05) is 12.1 Å². The first-order valence-electron chi connectivity index (χ1n) is 8.35. The number of carbonyl (C=O) groups is 1. The summed E-state index contributed by atoms with van der Waals surface area (Å²) in [7, 11) is 0. The molecule has 4 nitrogen and oxygen atoms in total. The minimum absolute atomic E-state index is 0.107. The monoisotopic (exact) mass is 413 g/mol. The quantitative estimate of drug-likeness (QED) is 0.420. The number of amides is 1. The van der Waals surface area contributed by atoms with Crippen molar-refractivity contribution in [3.63, 3.8) is 0 Å². The first-order valence-corrected chi connectivity index (χ1v) is 10.4. The Balaban J connectivity index is 1.79. The number of thiazole rings is 1. The molecule has 27 heavy (non-hydrogen) atoms. The van der Waals surface area contributed by atoms with E-state index in [0.29, 0.717) is 20.9 Å². The fourth-order valence-corrected chi connectivity index (χ4v) is 4.95. The van der Waals surface area contributed by atoms with Crippen molar-refractivity contribution in [3.8, 4) is 0 Å². The molecule has 0 spiro atoms. The number of nitrogens with zero attached hydrogens (tertiary/aromatic N) is 3. The van der Waals surface area contributed by atoms with Crippen LogP contribution in [0.5, 0.6) is 0 Å². The Morgan fingerprint density at radius 1 is 1.19 bits per heavy atom. The molecule has 0 N–H and O–H groups in total. The SMILES string of the molecule is Cc1cc(C)c2sc(N(Cc3cccnc3)C(=O)c3ccc(Cl)s3)nc2c1. The van der Waals surface area contributed by atoms with Crippen LogP contribution in [-0.4, -0.2) is 15.9 Å². The predicted octanol–water partition coefficient (Wildman–Crippen LogP) is 5.87. The lowest BCUT2D eigenvalue weighted by molar-refractivity contribution is 0.0989. The van der Waals surface area contributed by atoms with E-state index in [1.54, 1.807) is 29.4 Å². The molecule has 0 aliphatic heterocycles. The summed E-state index contributed by atoms with van der Waals surface area (Å²) in [5.41, 5.74) is 4.19. The number of aryl methyl sites for hydroxylation is 2. The van der Waals surface area contributed by atoms with E-state index in [4.69, 9.17) is 16.6 Å². The lowest BCUT2D eigenvalue weighted by atomic mass is 10.1. The van der Waals surface area contributed by atoms with Crippen LogP contribution in [0.4, 0.5) is 5.13 Å². The molecule has 0 aliphatic carbocycles. The molecular weight excluding hydrogens is 398 g/mol. The van der Waals surface area contributed by atoms with Gasteiger partial charge in [0.15, 0.2) is 5.13 Å². The molecule has 7 heteroatoms. The highest BCUT2D eigenvalue weighted by molar-refractivity contribution is 7.22. The number of pyridine rings is 1. The van der Waals surface area contributed by atoms with Gasteiger partial charge in [-0.25, -0.2) is 4.98 Å². The van der Waals surface area contributed by atoms with Crippen LogP contribution < -0.4 is 4.90 Å². The van der Waals surface area contributed by atoms with Crippen LogP contribution in [0.1, 0.15) is 26.4 Å². The molecular formula is C20H16ClN3OS2. The second kappa shape index (κ2) is 7.38. The van der Waals surface area contributed by atoms with Crippen molar-refractivity contribution in [2.24, 2.45) is 0 Å². The summed E-state index contributed by atoms with van der Waals surface area (Å²) in [6, 6.07) is 11.5. The van der Waals surface area contributed by atoms with Crippen LogP contribution in [0.25, 0.3) is 10.2 Å². The van der Waals surface area contributed by atoms with E-state index in [-0.39, 0.29) is 5.91 Å². The van der Waals surface area contributed by atoms with Crippen molar-refractivity contribution in [1.82, 2.24) is 9.97 Å². The third-order valence-corrected chi connectivity index (χ3v) is 6.58. The van der Waals surface area contributed by atoms with Gasteiger partial charge < -0.3 is 0 Å². The van der Waals surface area contributed by atoms with E-state index in [9.17, 15) is 4.79 Å². The lowest BCUT2D eigenvalue weighted by Crippen LogP contribution is -2.29. The molecule has 0 radical (unpaired) electrons. The molecule has 1 aromatic carbocycles. The highest BCUT2D eigenvalue weighted by atomic mass is 35.5. The molecule has 0 fully saturated rings. The molecule has 0 atom stereocenters. The number of thiophene rings is 1. The van der Waals surface area contributed by atoms with Gasteiger partial charge in [-0.1, -0.05) is 35.1 Å². The first-order chi connectivity index (χ1) is 13.0. The minimum Gasteiger partial charge on any atom is -0.279 e. The van der Waals surface area contributed by atoms with Crippen molar-refractivity contribution in [2.75, 3.05) is 4.90 Å². The third-order valence-electron chi connectivity index (χ3n) is 4.13. The van der Waals surface area contributed by atoms with Gasteiger partial charge in [-0.05, 0) is 54.8 Å². The Kier molecular flexibility index (Phi) is 4.95. The number of carbonyl (C=O) groups excluding carboxylic acids is 1. The topological polar surface area (TPSA) is 46.1 Å². The van der Waals surface area contributed by atoms with Gasteiger partial charge in [0.2, 0.25) is 0 Å². The van der Waals surface area contributed by atoms with Gasteiger partial charge >= 0.3 is 0 Å². The molecule has 0 saturated carbocycles.